The average Bonchev–Trinajstić information content (AvgIpc) is 2.46. The van der Waals surface area contributed by atoms with Gasteiger partial charge in [0.2, 0.25) is 5.91 Å². The van der Waals surface area contributed by atoms with Crippen molar-refractivity contribution < 1.29 is 4.79 Å². The molecule has 0 fully saturated rings. The van der Waals surface area contributed by atoms with Crippen LogP contribution in [-0.2, 0) is 4.79 Å². The predicted octanol–water partition coefficient (Wildman–Crippen LogP) is 2.77. The monoisotopic (exact) mass is 349 g/mol. The zero-order valence-electron chi connectivity index (χ0n) is 13.8. The van der Waals surface area contributed by atoms with Gasteiger partial charge >= 0.3 is 0 Å². The minimum atomic E-state index is -0.316. The molecule has 1 amide bonds. The highest BCUT2D eigenvalue weighted by atomic mass is 35.5. The van der Waals surface area contributed by atoms with Gasteiger partial charge in [0.25, 0.3) is 0 Å². The molecular weight excluding hydrogens is 321 g/mol. The van der Waals surface area contributed by atoms with Crippen LogP contribution in [0.3, 0.4) is 0 Å². The molecule has 22 heavy (non-hydrogen) atoms. The number of nitrogens with one attached hydrogen (secondary N) is 1. The standard InChI is InChI=1S/C16H27N3O.2ClH/c1-5-16(17,6-2)12-18-15(20)14(19(3)4)13-10-8-7-9-11-13;;/h7-11,14H,5-6,12,17H2,1-4H3,(H,18,20);2*1H. The van der Waals surface area contributed by atoms with Crippen molar-refractivity contribution >= 4 is 30.7 Å². The third-order valence-electron chi connectivity index (χ3n) is 3.90. The van der Waals surface area contributed by atoms with Gasteiger partial charge in [-0.1, -0.05) is 44.2 Å². The molecule has 0 heterocycles. The van der Waals surface area contributed by atoms with Crippen LogP contribution in [0.5, 0.6) is 0 Å². The maximum atomic E-state index is 12.5. The summed E-state index contributed by atoms with van der Waals surface area (Å²) in [6.07, 6.45) is 1.70. The van der Waals surface area contributed by atoms with E-state index in [1.54, 1.807) is 0 Å². The molecule has 1 aromatic rings. The molecule has 0 radical (unpaired) electrons. The average molecular weight is 350 g/mol. The van der Waals surface area contributed by atoms with Gasteiger partial charge in [-0.3, -0.25) is 9.69 Å². The smallest absolute Gasteiger partial charge is 0.242 e. The van der Waals surface area contributed by atoms with Crippen LogP contribution in [-0.4, -0.2) is 37.0 Å². The van der Waals surface area contributed by atoms with Gasteiger partial charge in [-0.05, 0) is 32.5 Å². The van der Waals surface area contributed by atoms with Crippen LogP contribution in [0.1, 0.15) is 38.3 Å². The number of halogens is 2. The van der Waals surface area contributed by atoms with E-state index in [0.29, 0.717) is 6.54 Å². The minimum absolute atomic E-state index is 0. The first kappa shape index (κ1) is 23.5. The van der Waals surface area contributed by atoms with Crippen molar-refractivity contribution in [2.45, 2.75) is 38.3 Å². The Bertz CT molecular complexity index is 423. The van der Waals surface area contributed by atoms with Crippen LogP contribution in [0, 0.1) is 0 Å². The van der Waals surface area contributed by atoms with E-state index in [-0.39, 0.29) is 42.3 Å². The number of likely N-dealkylation sites (N-methyl/N-ethyl adjacent to an activating group) is 1. The zero-order valence-corrected chi connectivity index (χ0v) is 15.5. The van der Waals surface area contributed by atoms with E-state index in [9.17, 15) is 4.79 Å². The Morgan fingerprint density at radius 1 is 1.18 bits per heavy atom. The molecular formula is C16H29Cl2N3O. The summed E-state index contributed by atoms with van der Waals surface area (Å²) >= 11 is 0. The minimum Gasteiger partial charge on any atom is -0.353 e. The number of carbonyl (C=O) groups is 1. The molecule has 0 aliphatic carbocycles. The number of carbonyl (C=O) groups excluding carboxylic acids is 1. The maximum absolute atomic E-state index is 12.5. The Balaban J connectivity index is 0. The van der Waals surface area contributed by atoms with E-state index >= 15 is 0 Å². The molecule has 4 nitrogen and oxygen atoms in total. The van der Waals surface area contributed by atoms with Crippen LogP contribution < -0.4 is 11.1 Å². The second kappa shape index (κ2) is 10.8. The summed E-state index contributed by atoms with van der Waals surface area (Å²) in [6, 6.07) is 9.51. The van der Waals surface area contributed by atoms with Gasteiger partial charge in [0.05, 0.1) is 0 Å². The van der Waals surface area contributed by atoms with Crippen LogP contribution in [0.2, 0.25) is 0 Å². The molecule has 1 unspecified atom stereocenters. The molecule has 0 saturated heterocycles. The number of rotatable bonds is 7. The van der Waals surface area contributed by atoms with Crippen LogP contribution >= 0.6 is 24.8 Å². The molecule has 3 N–H and O–H groups in total. The molecule has 1 rings (SSSR count). The molecule has 0 saturated carbocycles. The van der Waals surface area contributed by atoms with Crippen LogP contribution in [0.15, 0.2) is 30.3 Å². The van der Waals surface area contributed by atoms with E-state index in [1.807, 2.05) is 49.3 Å². The van der Waals surface area contributed by atoms with Crippen molar-refractivity contribution in [3.05, 3.63) is 35.9 Å². The van der Waals surface area contributed by atoms with E-state index in [2.05, 4.69) is 19.2 Å². The number of nitrogens with zero attached hydrogens (tertiary/aromatic N) is 1. The predicted molar refractivity (Wildman–Crippen MR) is 97.9 cm³/mol. The first-order valence-corrected chi connectivity index (χ1v) is 7.21. The number of amides is 1. The number of hydrogen-bond donors (Lipinski definition) is 2. The Morgan fingerprint density at radius 3 is 2.09 bits per heavy atom. The SMILES string of the molecule is CCC(N)(CC)CNC(=O)C(c1ccccc1)N(C)C.Cl.Cl. The zero-order chi connectivity index (χ0) is 15.2. The lowest BCUT2D eigenvalue weighted by atomic mass is 9.94. The lowest BCUT2D eigenvalue weighted by molar-refractivity contribution is -0.126. The van der Waals surface area contributed by atoms with Gasteiger partial charge in [0, 0.05) is 12.1 Å². The summed E-state index contributed by atoms with van der Waals surface area (Å²) in [7, 11) is 3.82. The summed E-state index contributed by atoms with van der Waals surface area (Å²) in [5.41, 5.74) is 6.91. The molecule has 1 aromatic carbocycles. The molecule has 0 aromatic heterocycles. The summed E-state index contributed by atoms with van der Waals surface area (Å²) in [4.78, 5) is 14.4. The Kier molecular flexibility index (Phi) is 11.6. The lowest BCUT2D eigenvalue weighted by Gasteiger charge is -2.29. The van der Waals surface area contributed by atoms with E-state index in [4.69, 9.17) is 5.73 Å². The summed E-state index contributed by atoms with van der Waals surface area (Å²) in [5, 5.41) is 3.00. The van der Waals surface area contributed by atoms with E-state index < -0.39 is 0 Å². The third-order valence-corrected chi connectivity index (χ3v) is 3.90. The summed E-state index contributed by atoms with van der Waals surface area (Å²) in [6.45, 7) is 4.61. The molecule has 0 bridgehead atoms. The highest BCUT2D eigenvalue weighted by molar-refractivity contribution is 5.85. The highest BCUT2D eigenvalue weighted by Gasteiger charge is 2.26. The van der Waals surface area contributed by atoms with Gasteiger partial charge < -0.3 is 11.1 Å². The van der Waals surface area contributed by atoms with Crippen molar-refractivity contribution in [3.63, 3.8) is 0 Å². The third kappa shape index (κ3) is 6.53. The van der Waals surface area contributed by atoms with Gasteiger partial charge in [-0.25, -0.2) is 0 Å². The quantitative estimate of drug-likeness (QED) is 0.795. The molecule has 128 valence electrons. The van der Waals surface area contributed by atoms with E-state index in [0.717, 1.165) is 18.4 Å². The lowest BCUT2D eigenvalue weighted by Crippen LogP contribution is -2.51. The first-order valence-electron chi connectivity index (χ1n) is 7.21. The van der Waals surface area contributed by atoms with Crippen LogP contribution in [0.4, 0.5) is 0 Å². The molecule has 6 heteroatoms. The van der Waals surface area contributed by atoms with Crippen molar-refractivity contribution in [3.8, 4) is 0 Å². The van der Waals surface area contributed by atoms with Crippen LogP contribution in [0.25, 0.3) is 0 Å². The maximum Gasteiger partial charge on any atom is 0.242 e. The topological polar surface area (TPSA) is 58.4 Å². The van der Waals surface area contributed by atoms with Crippen molar-refractivity contribution in [1.82, 2.24) is 10.2 Å². The fraction of sp³-hybridized carbons (Fsp3) is 0.562. The largest absolute Gasteiger partial charge is 0.353 e. The molecule has 1 atom stereocenters. The molecule has 0 spiro atoms. The Labute approximate surface area is 146 Å². The Morgan fingerprint density at radius 2 is 1.68 bits per heavy atom. The van der Waals surface area contributed by atoms with Crippen molar-refractivity contribution in [1.29, 1.82) is 0 Å². The number of hydrogen-bond acceptors (Lipinski definition) is 3. The summed E-state index contributed by atoms with van der Waals surface area (Å²) in [5.74, 6) is -0.00192. The van der Waals surface area contributed by atoms with Gasteiger partial charge in [0.1, 0.15) is 6.04 Å². The Hall–Kier alpha value is -0.810. The number of nitrogens with two attached hydrogens (primary N) is 1. The van der Waals surface area contributed by atoms with Gasteiger partial charge in [-0.2, -0.15) is 0 Å². The molecule has 0 aliphatic rings. The second-order valence-corrected chi connectivity index (χ2v) is 5.56. The normalized spacial score (nSPS) is 12.1. The van der Waals surface area contributed by atoms with Gasteiger partial charge in [0.15, 0.2) is 0 Å². The van der Waals surface area contributed by atoms with E-state index in [1.165, 1.54) is 0 Å². The highest BCUT2D eigenvalue weighted by Crippen LogP contribution is 2.18. The fourth-order valence-corrected chi connectivity index (χ4v) is 2.18. The summed E-state index contributed by atoms with van der Waals surface area (Å²) < 4.78 is 0. The fourth-order valence-electron chi connectivity index (χ4n) is 2.18. The first-order chi connectivity index (χ1) is 9.43. The molecule has 0 aliphatic heterocycles. The number of benzene rings is 1. The van der Waals surface area contributed by atoms with Crippen molar-refractivity contribution in [2.24, 2.45) is 5.73 Å². The van der Waals surface area contributed by atoms with Crippen molar-refractivity contribution in [2.75, 3.05) is 20.6 Å². The second-order valence-electron chi connectivity index (χ2n) is 5.56. The van der Waals surface area contributed by atoms with Gasteiger partial charge in [-0.15, -0.1) is 24.8 Å².